The maximum atomic E-state index is 12.4. The van der Waals surface area contributed by atoms with Gasteiger partial charge in [0, 0.05) is 16.1 Å². The Labute approximate surface area is 132 Å². The summed E-state index contributed by atoms with van der Waals surface area (Å²) in [7, 11) is -3.71. The Morgan fingerprint density at radius 1 is 1.38 bits per heavy atom. The molecule has 0 spiro atoms. The van der Waals surface area contributed by atoms with Gasteiger partial charge in [-0.05, 0) is 37.1 Å². The number of rotatable bonds is 5. The summed E-state index contributed by atoms with van der Waals surface area (Å²) in [5, 5.41) is 12.1. The Hall–Kier alpha value is -0.990. The third kappa shape index (κ3) is 3.81. The third-order valence-electron chi connectivity index (χ3n) is 2.97. The van der Waals surface area contributed by atoms with Crippen molar-refractivity contribution in [2.45, 2.75) is 31.9 Å². The van der Waals surface area contributed by atoms with Crippen molar-refractivity contribution in [3.05, 3.63) is 44.4 Å². The average Bonchev–Trinajstić information content (AvgIpc) is 2.84. The fraction of sp³-hybridized carbons (Fsp3) is 0.308. The topological polar surface area (TPSA) is 79.3 Å². The number of benzene rings is 1. The molecule has 114 valence electrons. The minimum atomic E-state index is -3.71. The van der Waals surface area contributed by atoms with Crippen molar-refractivity contribution in [2.24, 2.45) is 0 Å². The molecule has 0 unspecified atom stereocenters. The molecule has 1 heterocycles. The summed E-state index contributed by atoms with van der Waals surface area (Å²) < 4.78 is 27.3. The average molecular weight is 347 g/mol. The van der Waals surface area contributed by atoms with Crippen molar-refractivity contribution in [3.8, 4) is 0 Å². The fourth-order valence-electron chi connectivity index (χ4n) is 1.87. The van der Waals surface area contributed by atoms with Crippen LogP contribution >= 0.6 is 22.9 Å². The number of hydrogen-bond acceptors (Lipinski definition) is 5. The highest BCUT2D eigenvalue weighted by molar-refractivity contribution is 7.89. The number of aliphatic hydroxyl groups is 1. The first-order chi connectivity index (χ1) is 9.83. The van der Waals surface area contributed by atoms with Gasteiger partial charge >= 0.3 is 0 Å². The summed E-state index contributed by atoms with van der Waals surface area (Å²) >= 11 is 7.31. The number of aliphatic hydroxyl groups excluding tert-OH is 1. The van der Waals surface area contributed by atoms with Crippen LogP contribution in [0.2, 0.25) is 5.02 Å². The fourth-order valence-corrected chi connectivity index (χ4v) is 4.28. The Kier molecular flexibility index (Phi) is 5.00. The first-order valence-corrected chi connectivity index (χ1v) is 8.88. The van der Waals surface area contributed by atoms with E-state index in [1.807, 2.05) is 12.3 Å². The van der Waals surface area contributed by atoms with Crippen LogP contribution in [0.25, 0.3) is 0 Å². The zero-order valence-corrected chi connectivity index (χ0v) is 13.9. The Balaban J connectivity index is 2.29. The smallest absolute Gasteiger partial charge is 0.241 e. The lowest BCUT2D eigenvalue weighted by molar-refractivity contribution is 0.280. The van der Waals surface area contributed by atoms with Crippen molar-refractivity contribution >= 4 is 33.0 Å². The van der Waals surface area contributed by atoms with Gasteiger partial charge in [0.1, 0.15) is 5.01 Å². The van der Waals surface area contributed by atoms with Gasteiger partial charge in [0.2, 0.25) is 10.0 Å². The number of nitrogens with zero attached hydrogens (tertiary/aromatic N) is 1. The van der Waals surface area contributed by atoms with Crippen LogP contribution < -0.4 is 4.72 Å². The number of aromatic nitrogens is 1. The largest absolute Gasteiger partial charge is 0.392 e. The van der Waals surface area contributed by atoms with Gasteiger partial charge in [-0.15, -0.1) is 11.3 Å². The summed E-state index contributed by atoms with van der Waals surface area (Å²) in [4.78, 5) is 4.28. The number of nitrogens with one attached hydrogen (secondary N) is 1. The van der Waals surface area contributed by atoms with Gasteiger partial charge in [0.05, 0.1) is 18.0 Å². The third-order valence-corrected chi connectivity index (χ3v) is 5.68. The molecule has 2 N–H and O–H groups in total. The molecule has 0 aliphatic heterocycles. The SMILES string of the molecule is Cc1csc(CNS(=O)(=O)c2cc(Cl)cc(CO)c2C)n1. The first-order valence-electron chi connectivity index (χ1n) is 6.14. The van der Waals surface area contributed by atoms with Crippen molar-refractivity contribution in [1.82, 2.24) is 9.71 Å². The summed E-state index contributed by atoms with van der Waals surface area (Å²) in [5.41, 5.74) is 1.84. The summed E-state index contributed by atoms with van der Waals surface area (Å²) in [5.74, 6) is 0. The Morgan fingerprint density at radius 3 is 2.67 bits per heavy atom. The second kappa shape index (κ2) is 6.41. The number of aryl methyl sites for hydroxylation is 1. The lowest BCUT2D eigenvalue weighted by Crippen LogP contribution is -2.24. The second-order valence-corrected chi connectivity index (χ2v) is 7.67. The standard InChI is InChI=1S/C13H15ClN2O3S2/c1-8-7-20-13(16-8)5-15-21(18,19)12-4-11(14)3-10(6-17)9(12)2/h3-4,7,15,17H,5-6H2,1-2H3. The molecule has 8 heteroatoms. The maximum Gasteiger partial charge on any atom is 0.241 e. The summed E-state index contributed by atoms with van der Waals surface area (Å²) in [6.45, 7) is 3.36. The first kappa shape index (κ1) is 16.4. The quantitative estimate of drug-likeness (QED) is 0.871. The highest BCUT2D eigenvalue weighted by atomic mass is 35.5. The van der Waals surface area contributed by atoms with E-state index in [4.69, 9.17) is 11.6 Å². The van der Waals surface area contributed by atoms with Crippen LogP contribution in [0.15, 0.2) is 22.4 Å². The molecule has 0 saturated heterocycles. The predicted molar refractivity (Wildman–Crippen MR) is 83.0 cm³/mol. The van der Waals surface area contributed by atoms with E-state index in [2.05, 4.69) is 9.71 Å². The van der Waals surface area contributed by atoms with Gasteiger partial charge in [-0.2, -0.15) is 0 Å². The van der Waals surface area contributed by atoms with Crippen molar-refractivity contribution < 1.29 is 13.5 Å². The summed E-state index contributed by atoms with van der Waals surface area (Å²) in [6.07, 6.45) is 0. The van der Waals surface area contributed by atoms with Gasteiger partial charge in [0.25, 0.3) is 0 Å². The number of halogens is 1. The highest BCUT2D eigenvalue weighted by Gasteiger charge is 2.20. The zero-order chi connectivity index (χ0) is 15.6. The molecule has 0 fully saturated rings. The van der Waals surface area contributed by atoms with Crippen LogP contribution in [0.3, 0.4) is 0 Å². The Bertz CT molecular complexity index is 757. The van der Waals surface area contributed by atoms with E-state index < -0.39 is 10.0 Å². The van der Waals surface area contributed by atoms with E-state index in [-0.39, 0.29) is 23.1 Å². The Morgan fingerprint density at radius 2 is 2.10 bits per heavy atom. The summed E-state index contributed by atoms with van der Waals surface area (Å²) in [6, 6.07) is 2.94. The molecular formula is C13H15ClN2O3S2. The molecule has 21 heavy (non-hydrogen) atoms. The van der Waals surface area contributed by atoms with E-state index >= 15 is 0 Å². The minimum absolute atomic E-state index is 0.0762. The van der Waals surface area contributed by atoms with Crippen LogP contribution in [0, 0.1) is 13.8 Å². The van der Waals surface area contributed by atoms with Gasteiger partial charge in [-0.25, -0.2) is 18.1 Å². The van der Waals surface area contributed by atoms with Crippen LogP contribution in [0.5, 0.6) is 0 Å². The molecule has 0 atom stereocenters. The molecule has 0 radical (unpaired) electrons. The number of sulfonamides is 1. The molecule has 0 aliphatic carbocycles. The maximum absolute atomic E-state index is 12.4. The molecular weight excluding hydrogens is 332 g/mol. The minimum Gasteiger partial charge on any atom is -0.392 e. The number of thiazole rings is 1. The van der Waals surface area contributed by atoms with E-state index in [1.165, 1.54) is 17.4 Å². The second-order valence-electron chi connectivity index (χ2n) is 4.55. The van der Waals surface area contributed by atoms with E-state index in [9.17, 15) is 13.5 Å². The molecule has 5 nitrogen and oxygen atoms in total. The van der Waals surface area contributed by atoms with Gasteiger partial charge in [-0.1, -0.05) is 11.6 Å². The molecule has 0 aliphatic rings. The van der Waals surface area contributed by atoms with Crippen LogP contribution in [-0.4, -0.2) is 18.5 Å². The van der Waals surface area contributed by atoms with Crippen LogP contribution in [0.4, 0.5) is 0 Å². The van der Waals surface area contributed by atoms with Crippen molar-refractivity contribution in [1.29, 1.82) is 0 Å². The molecule has 2 aromatic rings. The lowest BCUT2D eigenvalue weighted by atomic mass is 10.1. The van der Waals surface area contributed by atoms with E-state index in [0.29, 0.717) is 16.1 Å². The van der Waals surface area contributed by atoms with Gasteiger partial charge in [-0.3, -0.25) is 0 Å². The molecule has 0 amide bonds. The van der Waals surface area contributed by atoms with Gasteiger partial charge < -0.3 is 5.11 Å². The molecule has 1 aromatic heterocycles. The normalized spacial score (nSPS) is 11.8. The molecule has 2 rings (SSSR count). The predicted octanol–water partition coefficient (Wildman–Crippen LogP) is 2.38. The molecule has 0 bridgehead atoms. The van der Waals surface area contributed by atoms with Gasteiger partial charge in [0.15, 0.2) is 0 Å². The molecule has 0 saturated carbocycles. The monoisotopic (exact) mass is 346 g/mol. The molecule has 1 aromatic carbocycles. The zero-order valence-electron chi connectivity index (χ0n) is 11.6. The van der Waals surface area contributed by atoms with Crippen molar-refractivity contribution in [3.63, 3.8) is 0 Å². The van der Waals surface area contributed by atoms with E-state index in [1.54, 1.807) is 13.0 Å². The van der Waals surface area contributed by atoms with Crippen LogP contribution in [0.1, 0.15) is 21.8 Å². The van der Waals surface area contributed by atoms with Crippen molar-refractivity contribution in [2.75, 3.05) is 0 Å². The number of hydrogen-bond donors (Lipinski definition) is 2. The van der Waals surface area contributed by atoms with Crippen LogP contribution in [-0.2, 0) is 23.2 Å². The lowest BCUT2D eigenvalue weighted by Gasteiger charge is -2.12. The highest BCUT2D eigenvalue weighted by Crippen LogP contribution is 2.24. The van der Waals surface area contributed by atoms with E-state index in [0.717, 1.165) is 5.69 Å².